The number of thioether (sulfide) groups is 2. The Morgan fingerprint density at radius 2 is 1.76 bits per heavy atom. The Morgan fingerprint density at radius 3 is 2.48 bits per heavy atom. The van der Waals surface area contributed by atoms with Crippen molar-refractivity contribution in [2.45, 2.75) is 23.8 Å². The van der Waals surface area contributed by atoms with Gasteiger partial charge >= 0.3 is 0 Å². The van der Waals surface area contributed by atoms with Crippen molar-refractivity contribution in [1.82, 2.24) is 10.6 Å². The molecule has 0 saturated heterocycles. The summed E-state index contributed by atoms with van der Waals surface area (Å²) in [7, 11) is 1.53. The first-order valence-electron chi connectivity index (χ1n) is 9.54. The van der Waals surface area contributed by atoms with Gasteiger partial charge in [-0.25, -0.2) is 0 Å². The summed E-state index contributed by atoms with van der Waals surface area (Å²) in [4.78, 5) is 26.5. The van der Waals surface area contributed by atoms with E-state index in [4.69, 9.17) is 4.74 Å². The number of carbonyl (C=O) groups excluding carboxylic acids is 2. The summed E-state index contributed by atoms with van der Waals surface area (Å²) in [5.41, 5.74) is 0.427. The second kappa shape index (κ2) is 13.2. The molecular formula is C22H28N2O3S2. The van der Waals surface area contributed by atoms with Crippen LogP contribution in [0.5, 0.6) is 5.75 Å². The van der Waals surface area contributed by atoms with Crippen LogP contribution in [0.15, 0.2) is 59.5 Å². The maximum Gasteiger partial charge on any atom is 0.255 e. The van der Waals surface area contributed by atoms with Gasteiger partial charge in [-0.2, -0.15) is 11.8 Å². The molecule has 1 atom stereocenters. The molecule has 0 aliphatic rings. The molecule has 0 fully saturated rings. The second-order valence-corrected chi connectivity index (χ2v) is 8.47. The van der Waals surface area contributed by atoms with E-state index in [-0.39, 0.29) is 11.8 Å². The highest BCUT2D eigenvalue weighted by molar-refractivity contribution is 7.99. The summed E-state index contributed by atoms with van der Waals surface area (Å²) in [6.45, 7) is 0.582. The molecule has 0 aliphatic heterocycles. The van der Waals surface area contributed by atoms with Crippen molar-refractivity contribution in [3.05, 3.63) is 60.2 Å². The minimum Gasteiger partial charge on any atom is -0.496 e. The molecule has 2 aromatic rings. The van der Waals surface area contributed by atoms with Crippen LogP contribution < -0.4 is 15.4 Å². The fourth-order valence-electron chi connectivity index (χ4n) is 2.69. The Labute approximate surface area is 181 Å². The molecule has 0 aromatic heterocycles. The number of ether oxygens (including phenoxy) is 1. The third-order valence-electron chi connectivity index (χ3n) is 4.22. The van der Waals surface area contributed by atoms with Crippen molar-refractivity contribution in [2.75, 3.05) is 31.4 Å². The van der Waals surface area contributed by atoms with Gasteiger partial charge in [0, 0.05) is 11.4 Å². The number of nitrogens with one attached hydrogen (secondary N) is 2. The maximum atomic E-state index is 12.7. The molecule has 2 rings (SSSR count). The van der Waals surface area contributed by atoms with Gasteiger partial charge in [-0.1, -0.05) is 30.3 Å². The van der Waals surface area contributed by atoms with Gasteiger partial charge in [0.1, 0.15) is 11.8 Å². The molecule has 0 unspecified atom stereocenters. The average molecular weight is 433 g/mol. The van der Waals surface area contributed by atoms with Crippen molar-refractivity contribution in [3.63, 3.8) is 0 Å². The van der Waals surface area contributed by atoms with E-state index in [9.17, 15) is 9.59 Å². The third kappa shape index (κ3) is 8.03. The van der Waals surface area contributed by atoms with E-state index in [2.05, 4.69) is 22.8 Å². The SMILES string of the molecule is COc1ccccc1C(=O)N[C@@H](CCSC)C(=O)NCCCSc1ccccc1. The van der Waals surface area contributed by atoms with E-state index in [0.717, 1.165) is 17.9 Å². The van der Waals surface area contributed by atoms with Crippen LogP contribution >= 0.6 is 23.5 Å². The van der Waals surface area contributed by atoms with Gasteiger partial charge in [-0.15, -0.1) is 11.8 Å². The largest absolute Gasteiger partial charge is 0.496 e. The zero-order valence-electron chi connectivity index (χ0n) is 16.9. The summed E-state index contributed by atoms with van der Waals surface area (Å²) >= 11 is 3.42. The molecular weight excluding hydrogens is 404 g/mol. The fraction of sp³-hybridized carbons (Fsp3) is 0.364. The molecule has 7 heteroatoms. The predicted octanol–water partition coefficient (Wildman–Crippen LogP) is 3.85. The lowest BCUT2D eigenvalue weighted by Gasteiger charge is -2.19. The fourth-order valence-corrected chi connectivity index (χ4v) is 4.03. The highest BCUT2D eigenvalue weighted by Gasteiger charge is 2.22. The smallest absolute Gasteiger partial charge is 0.255 e. The number of amides is 2. The minimum absolute atomic E-state index is 0.146. The molecule has 0 saturated carbocycles. The van der Waals surface area contributed by atoms with Gasteiger partial charge in [-0.3, -0.25) is 9.59 Å². The van der Waals surface area contributed by atoms with Crippen molar-refractivity contribution < 1.29 is 14.3 Å². The first kappa shape index (κ1) is 23.2. The number of hydrogen-bond donors (Lipinski definition) is 2. The van der Waals surface area contributed by atoms with E-state index in [1.165, 1.54) is 12.0 Å². The van der Waals surface area contributed by atoms with Gasteiger partial charge in [-0.05, 0) is 54.9 Å². The van der Waals surface area contributed by atoms with E-state index in [0.29, 0.717) is 24.3 Å². The molecule has 5 nitrogen and oxygen atoms in total. The number of methoxy groups -OCH3 is 1. The Kier molecular flexibility index (Phi) is 10.5. The monoisotopic (exact) mass is 432 g/mol. The number of rotatable bonds is 12. The first-order chi connectivity index (χ1) is 14.2. The highest BCUT2D eigenvalue weighted by Crippen LogP contribution is 2.18. The molecule has 0 heterocycles. The first-order valence-corrected chi connectivity index (χ1v) is 11.9. The van der Waals surface area contributed by atoms with Gasteiger partial charge < -0.3 is 15.4 Å². The normalized spacial score (nSPS) is 11.5. The summed E-state index contributed by atoms with van der Waals surface area (Å²) in [6.07, 6.45) is 3.42. The molecule has 156 valence electrons. The number of para-hydroxylation sites is 1. The molecule has 2 aromatic carbocycles. The van der Waals surface area contributed by atoms with E-state index < -0.39 is 6.04 Å². The van der Waals surface area contributed by atoms with Gasteiger partial charge in [0.2, 0.25) is 5.91 Å². The van der Waals surface area contributed by atoms with Crippen molar-refractivity contribution in [2.24, 2.45) is 0 Å². The predicted molar refractivity (Wildman–Crippen MR) is 122 cm³/mol. The van der Waals surface area contributed by atoms with E-state index in [1.807, 2.05) is 24.5 Å². The lowest BCUT2D eigenvalue weighted by molar-refractivity contribution is -0.123. The standard InChI is InChI=1S/C22H28N2O3S2/c1-27-20-12-7-6-11-18(20)21(25)24-19(13-16-28-2)22(26)23-14-8-15-29-17-9-4-3-5-10-17/h3-7,9-12,19H,8,13-16H2,1-2H3,(H,23,26)(H,24,25)/t19-/m0/s1. The second-order valence-electron chi connectivity index (χ2n) is 6.31. The quantitative estimate of drug-likeness (QED) is 0.394. The Bertz CT molecular complexity index is 772. The Morgan fingerprint density at radius 1 is 1.03 bits per heavy atom. The van der Waals surface area contributed by atoms with Crippen LogP contribution in [0.1, 0.15) is 23.2 Å². The lowest BCUT2D eigenvalue weighted by Crippen LogP contribution is -2.47. The van der Waals surface area contributed by atoms with E-state index in [1.54, 1.807) is 47.8 Å². The molecule has 0 spiro atoms. The topological polar surface area (TPSA) is 67.4 Å². The van der Waals surface area contributed by atoms with Crippen LogP contribution in [0.25, 0.3) is 0 Å². The van der Waals surface area contributed by atoms with Crippen molar-refractivity contribution in [1.29, 1.82) is 0 Å². The van der Waals surface area contributed by atoms with Gasteiger partial charge in [0.25, 0.3) is 5.91 Å². The lowest BCUT2D eigenvalue weighted by atomic mass is 10.1. The summed E-state index contributed by atoms with van der Waals surface area (Å²) in [6, 6.07) is 16.6. The molecule has 2 N–H and O–H groups in total. The third-order valence-corrected chi connectivity index (χ3v) is 5.96. The molecule has 0 bridgehead atoms. The zero-order valence-corrected chi connectivity index (χ0v) is 18.5. The van der Waals surface area contributed by atoms with Gasteiger partial charge in [0.05, 0.1) is 12.7 Å². The molecule has 2 amide bonds. The van der Waals surface area contributed by atoms with E-state index >= 15 is 0 Å². The van der Waals surface area contributed by atoms with Crippen LogP contribution in [0.2, 0.25) is 0 Å². The van der Waals surface area contributed by atoms with Crippen molar-refractivity contribution in [3.8, 4) is 5.75 Å². The highest BCUT2D eigenvalue weighted by atomic mass is 32.2. The average Bonchev–Trinajstić information content (AvgIpc) is 2.76. The molecule has 29 heavy (non-hydrogen) atoms. The summed E-state index contributed by atoms with van der Waals surface area (Å²) in [5, 5.41) is 5.82. The number of benzene rings is 2. The molecule has 0 aliphatic carbocycles. The number of hydrogen-bond acceptors (Lipinski definition) is 5. The van der Waals surface area contributed by atoms with Crippen LogP contribution in [0.3, 0.4) is 0 Å². The zero-order chi connectivity index (χ0) is 20.9. The summed E-state index contributed by atoms with van der Waals surface area (Å²) < 4.78 is 5.25. The summed E-state index contributed by atoms with van der Waals surface area (Å²) in [5.74, 6) is 1.75. The molecule has 0 radical (unpaired) electrons. The number of carbonyl (C=O) groups is 2. The Hall–Kier alpha value is -2.12. The van der Waals surface area contributed by atoms with Crippen LogP contribution in [-0.4, -0.2) is 49.3 Å². The van der Waals surface area contributed by atoms with Gasteiger partial charge in [0.15, 0.2) is 0 Å². The van der Waals surface area contributed by atoms with Crippen molar-refractivity contribution >= 4 is 35.3 Å². The van der Waals surface area contributed by atoms with Crippen LogP contribution in [0.4, 0.5) is 0 Å². The minimum atomic E-state index is -0.568. The Balaban J connectivity index is 1.84. The van der Waals surface area contributed by atoms with Crippen LogP contribution in [-0.2, 0) is 4.79 Å². The maximum absolute atomic E-state index is 12.7. The van der Waals surface area contributed by atoms with Crippen LogP contribution in [0, 0.1) is 0 Å².